The standard InChI is InChI=1S/C11H13ClFNO2S/c12-9-4-8(5-9)7-14-17(15,16)11-3-1-2-10(13)6-11/h1-3,6,8-9,14H,4-5,7H2. The van der Waals surface area contributed by atoms with Crippen LogP contribution in [-0.4, -0.2) is 20.3 Å². The average Bonchev–Trinajstić information content (AvgIpc) is 2.23. The monoisotopic (exact) mass is 277 g/mol. The summed E-state index contributed by atoms with van der Waals surface area (Å²) in [6.07, 6.45) is 1.65. The number of alkyl halides is 1. The minimum atomic E-state index is -3.60. The first-order valence-corrected chi connectivity index (χ1v) is 7.28. The van der Waals surface area contributed by atoms with Crippen LogP contribution in [0.2, 0.25) is 0 Å². The summed E-state index contributed by atoms with van der Waals surface area (Å²) in [5.41, 5.74) is 0. The number of sulfonamides is 1. The van der Waals surface area contributed by atoms with Crippen LogP contribution < -0.4 is 4.72 Å². The van der Waals surface area contributed by atoms with E-state index in [0.29, 0.717) is 12.5 Å². The predicted molar refractivity (Wildman–Crippen MR) is 64.0 cm³/mol. The van der Waals surface area contributed by atoms with E-state index in [9.17, 15) is 12.8 Å². The molecule has 1 aliphatic carbocycles. The molecule has 6 heteroatoms. The predicted octanol–water partition coefficient (Wildman–Crippen LogP) is 2.12. The molecule has 0 heterocycles. The van der Waals surface area contributed by atoms with E-state index in [0.717, 1.165) is 18.9 Å². The molecule has 1 aliphatic rings. The first kappa shape index (κ1) is 12.8. The fourth-order valence-electron chi connectivity index (χ4n) is 1.77. The highest BCUT2D eigenvalue weighted by Crippen LogP contribution is 2.31. The van der Waals surface area contributed by atoms with Gasteiger partial charge in [-0.2, -0.15) is 0 Å². The number of hydrogen-bond acceptors (Lipinski definition) is 2. The number of rotatable bonds is 4. The summed E-state index contributed by atoms with van der Waals surface area (Å²) in [6, 6.07) is 4.97. The van der Waals surface area contributed by atoms with Crippen molar-refractivity contribution in [2.24, 2.45) is 5.92 Å². The molecule has 0 spiro atoms. The summed E-state index contributed by atoms with van der Waals surface area (Å²) in [4.78, 5) is -0.0424. The molecule has 0 amide bonds. The molecule has 17 heavy (non-hydrogen) atoms. The topological polar surface area (TPSA) is 46.2 Å². The quantitative estimate of drug-likeness (QED) is 0.857. The van der Waals surface area contributed by atoms with Gasteiger partial charge in [0, 0.05) is 11.9 Å². The molecule has 3 nitrogen and oxygen atoms in total. The Bertz CT molecular complexity index is 500. The second-order valence-corrected chi connectivity index (χ2v) is 6.63. The van der Waals surface area contributed by atoms with Gasteiger partial charge in [-0.1, -0.05) is 6.07 Å². The van der Waals surface area contributed by atoms with Crippen LogP contribution in [-0.2, 0) is 10.0 Å². The molecule has 1 saturated carbocycles. The SMILES string of the molecule is O=S(=O)(NCC1CC(Cl)C1)c1cccc(F)c1. The van der Waals surface area contributed by atoms with Gasteiger partial charge in [0.15, 0.2) is 0 Å². The van der Waals surface area contributed by atoms with Crippen LogP contribution in [0.3, 0.4) is 0 Å². The van der Waals surface area contributed by atoms with Gasteiger partial charge in [0.25, 0.3) is 0 Å². The molecule has 0 saturated heterocycles. The van der Waals surface area contributed by atoms with Crippen LogP contribution in [0, 0.1) is 11.7 Å². The van der Waals surface area contributed by atoms with Gasteiger partial charge in [-0.15, -0.1) is 11.6 Å². The Hall–Kier alpha value is -0.650. The zero-order valence-electron chi connectivity index (χ0n) is 9.07. The lowest BCUT2D eigenvalue weighted by molar-refractivity contribution is 0.324. The van der Waals surface area contributed by atoms with Gasteiger partial charge in [0.2, 0.25) is 10.0 Å². The average molecular weight is 278 g/mol. The maximum absolute atomic E-state index is 12.9. The third kappa shape index (κ3) is 3.18. The van der Waals surface area contributed by atoms with Crippen molar-refractivity contribution in [1.29, 1.82) is 0 Å². The van der Waals surface area contributed by atoms with E-state index in [1.807, 2.05) is 0 Å². The molecule has 0 bridgehead atoms. The Morgan fingerprint density at radius 1 is 1.41 bits per heavy atom. The van der Waals surface area contributed by atoms with Crippen LogP contribution in [0.5, 0.6) is 0 Å². The molecule has 0 aliphatic heterocycles. The maximum Gasteiger partial charge on any atom is 0.240 e. The van der Waals surface area contributed by atoms with Crippen LogP contribution in [0.1, 0.15) is 12.8 Å². The van der Waals surface area contributed by atoms with Crippen molar-refractivity contribution in [2.75, 3.05) is 6.54 Å². The van der Waals surface area contributed by atoms with Crippen molar-refractivity contribution >= 4 is 21.6 Å². The van der Waals surface area contributed by atoms with E-state index in [1.54, 1.807) is 0 Å². The van der Waals surface area contributed by atoms with Crippen molar-refractivity contribution in [3.63, 3.8) is 0 Å². The smallest absolute Gasteiger partial charge is 0.211 e. The molecule has 0 atom stereocenters. The van der Waals surface area contributed by atoms with Crippen molar-refractivity contribution in [1.82, 2.24) is 4.72 Å². The van der Waals surface area contributed by atoms with Crippen molar-refractivity contribution in [3.05, 3.63) is 30.1 Å². The zero-order valence-corrected chi connectivity index (χ0v) is 10.6. The largest absolute Gasteiger partial charge is 0.240 e. The molecule has 1 aromatic carbocycles. The van der Waals surface area contributed by atoms with E-state index in [4.69, 9.17) is 11.6 Å². The number of nitrogens with one attached hydrogen (secondary N) is 1. The van der Waals surface area contributed by atoms with Crippen LogP contribution >= 0.6 is 11.6 Å². The minimum absolute atomic E-state index is 0.0424. The highest BCUT2D eigenvalue weighted by molar-refractivity contribution is 7.89. The van der Waals surface area contributed by atoms with Crippen molar-refractivity contribution < 1.29 is 12.8 Å². The van der Waals surface area contributed by atoms with E-state index >= 15 is 0 Å². The molecule has 0 radical (unpaired) electrons. The zero-order chi connectivity index (χ0) is 12.5. The fraction of sp³-hybridized carbons (Fsp3) is 0.455. The maximum atomic E-state index is 12.9. The highest BCUT2D eigenvalue weighted by Gasteiger charge is 2.28. The molecule has 0 aromatic heterocycles. The molecule has 1 aromatic rings. The first-order valence-electron chi connectivity index (χ1n) is 5.36. The summed E-state index contributed by atoms with van der Waals surface area (Å²) < 4.78 is 39.0. The second-order valence-electron chi connectivity index (χ2n) is 4.24. The van der Waals surface area contributed by atoms with Crippen LogP contribution in [0.4, 0.5) is 4.39 Å². The van der Waals surface area contributed by atoms with Gasteiger partial charge in [-0.05, 0) is 37.0 Å². The van der Waals surface area contributed by atoms with Crippen molar-refractivity contribution in [2.45, 2.75) is 23.1 Å². The molecule has 0 unspecified atom stereocenters. The molecule has 94 valence electrons. The molecular weight excluding hydrogens is 265 g/mol. The van der Waals surface area contributed by atoms with Gasteiger partial charge >= 0.3 is 0 Å². The molecule has 1 N–H and O–H groups in total. The Morgan fingerprint density at radius 3 is 2.71 bits per heavy atom. The van der Waals surface area contributed by atoms with Gasteiger partial charge in [0.05, 0.1) is 4.90 Å². The first-order chi connectivity index (χ1) is 7.97. The number of halogens is 2. The van der Waals surface area contributed by atoms with Crippen LogP contribution in [0.25, 0.3) is 0 Å². The number of benzene rings is 1. The number of hydrogen-bond donors (Lipinski definition) is 1. The molecular formula is C11H13ClFNO2S. The Balaban J connectivity index is 1.99. The molecule has 1 fully saturated rings. The Morgan fingerprint density at radius 2 is 2.12 bits per heavy atom. The van der Waals surface area contributed by atoms with Gasteiger partial charge in [-0.3, -0.25) is 0 Å². The summed E-state index contributed by atoms with van der Waals surface area (Å²) in [7, 11) is -3.60. The lowest BCUT2D eigenvalue weighted by atomic mass is 9.85. The second kappa shape index (κ2) is 4.92. The van der Waals surface area contributed by atoms with E-state index in [-0.39, 0.29) is 10.3 Å². The van der Waals surface area contributed by atoms with Crippen LogP contribution in [0.15, 0.2) is 29.2 Å². The summed E-state index contributed by atoms with van der Waals surface area (Å²) in [5, 5.41) is 0.165. The molecule has 2 rings (SSSR count). The summed E-state index contributed by atoms with van der Waals surface area (Å²) >= 11 is 5.80. The Kier molecular flexibility index (Phi) is 3.70. The third-order valence-electron chi connectivity index (χ3n) is 2.85. The van der Waals surface area contributed by atoms with Gasteiger partial charge in [0.1, 0.15) is 5.82 Å². The third-order valence-corrected chi connectivity index (χ3v) is 4.62. The van der Waals surface area contributed by atoms with Gasteiger partial charge in [-0.25, -0.2) is 17.5 Å². The van der Waals surface area contributed by atoms with Crippen molar-refractivity contribution in [3.8, 4) is 0 Å². The van der Waals surface area contributed by atoms with Gasteiger partial charge < -0.3 is 0 Å². The lowest BCUT2D eigenvalue weighted by Crippen LogP contribution is -2.36. The van der Waals surface area contributed by atoms with E-state index in [2.05, 4.69) is 4.72 Å². The minimum Gasteiger partial charge on any atom is -0.211 e. The van der Waals surface area contributed by atoms with E-state index < -0.39 is 15.8 Å². The highest BCUT2D eigenvalue weighted by atomic mass is 35.5. The fourth-order valence-corrected chi connectivity index (χ4v) is 3.42. The summed E-state index contributed by atoms with van der Waals surface area (Å²) in [6.45, 7) is 0.363. The summed E-state index contributed by atoms with van der Waals surface area (Å²) in [5.74, 6) is -0.266. The normalized spacial score (nSPS) is 24.4. The Labute approximate surface area is 105 Å². The van der Waals surface area contributed by atoms with E-state index in [1.165, 1.54) is 18.2 Å². The lowest BCUT2D eigenvalue weighted by Gasteiger charge is -2.30.